The summed E-state index contributed by atoms with van der Waals surface area (Å²) in [4.78, 5) is 28.1. The largest absolute Gasteiger partial charge is 0.381 e. The second kappa shape index (κ2) is 8.65. The van der Waals surface area contributed by atoms with Gasteiger partial charge >= 0.3 is 0 Å². The Kier molecular flexibility index (Phi) is 5.81. The number of nitrogens with one attached hydrogen (secondary N) is 1. The minimum absolute atomic E-state index is 0.141. The maximum atomic E-state index is 12.7. The van der Waals surface area contributed by atoms with E-state index in [-0.39, 0.29) is 5.92 Å². The molecule has 7 nitrogen and oxygen atoms in total. The number of aromatic nitrogens is 3. The SMILES string of the molecule is Cc1ccc(Nc2nccc(C3CCN(C(=O)C4CCOCC4)CC3)n2)nc1. The van der Waals surface area contributed by atoms with Gasteiger partial charge in [-0.05, 0) is 50.3 Å². The number of carbonyl (C=O) groups is 1. The summed E-state index contributed by atoms with van der Waals surface area (Å²) >= 11 is 0. The van der Waals surface area contributed by atoms with E-state index in [1.54, 1.807) is 6.20 Å². The highest BCUT2D eigenvalue weighted by Gasteiger charge is 2.30. The van der Waals surface area contributed by atoms with Crippen molar-refractivity contribution in [1.82, 2.24) is 19.9 Å². The Balaban J connectivity index is 1.35. The van der Waals surface area contributed by atoms with Gasteiger partial charge in [0.2, 0.25) is 11.9 Å². The van der Waals surface area contributed by atoms with Crippen molar-refractivity contribution in [3.63, 3.8) is 0 Å². The molecule has 2 aromatic rings. The van der Waals surface area contributed by atoms with Crippen molar-refractivity contribution in [3.8, 4) is 0 Å². The van der Waals surface area contributed by atoms with Crippen molar-refractivity contribution in [1.29, 1.82) is 0 Å². The van der Waals surface area contributed by atoms with E-state index in [4.69, 9.17) is 9.72 Å². The Bertz CT molecular complexity index is 797. The molecule has 2 aliphatic heterocycles. The Morgan fingerprint density at radius 2 is 1.89 bits per heavy atom. The molecule has 2 fully saturated rings. The summed E-state index contributed by atoms with van der Waals surface area (Å²) in [5.41, 5.74) is 2.14. The first-order valence-corrected chi connectivity index (χ1v) is 10.1. The predicted octanol–water partition coefficient (Wildman–Crippen LogP) is 3.06. The average Bonchev–Trinajstić information content (AvgIpc) is 2.76. The summed E-state index contributed by atoms with van der Waals surface area (Å²) in [6, 6.07) is 5.91. The number of aryl methyl sites for hydroxylation is 1. The van der Waals surface area contributed by atoms with E-state index in [1.165, 1.54) is 0 Å². The number of amides is 1. The van der Waals surface area contributed by atoms with Crippen LogP contribution in [-0.4, -0.2) is 52.1 Å². The lowest BCUT2D eigenvalue weighted by Crippen LogP contribution is -2.42. The standard InChI is InChI=1S/C21H27N5O2/c1-15-2-3-19(23-14-15)25-21-22-9-4-18(24-21)16-5-10-26(11-6-16)20(27)17-7-12-28-13-8-17/h2-4,9,14,16-17H,5-8,10-13H2,1H3,(H,22,23,24,25). The van der Waals surface area contributed by atoms with Crippen LogP contribution in [0.1, 0.15) is 42.9 Å². The van der Waals surface area contributed by atoms with Gasteiger partial charge in [0.25, 0.3) is 0 Å². The predicted molar refractivity (Wildman–Crippen MR) is 106 cm³/mol. The zero-order valence-corrected chi connectivity index (χ0v) is 16.3. The van der Waals surface area contributed by atoms with Crippen molar-refractivity contribution in [2.75, 3.05) is 31.6 Å². The molecule has 148 valence electrons. The van der Waals surface area contributed by atoms with E-state index in [1.807, 2.05) is 36.2 Å². The number of pyridine rings is 1. The van der Waals surface area contributed by atoms with E-state index in [9.17, 15) is 4.79 Å². The fourth-order valence-electron chi connectivity index (χ4n) is 3.91. The van der Waals surface area contributed by atoms with Crippen LogP contribution in [0.2, 0.25) is 0 Å². The highest BCUT2D eigenvalue weighted by Crippen LogP contribution is 2.29. The minimum atomic E-state index is 0.141. The van der Waals surface area contributed by atoms with E-state index >= 15 is 0 Å². The van der Waals surface area contributed by atoms with Crippen molar-refractivity contribution >= 4 is 17.7 Å². The van der Waals surface area contributed by atoms with Crippen LogP contribution in [-0.2, 0) is 9.53 Å². The first-order valence-electron chi connectivity index (χ1n) is 10.1. The molecule has 28 heavy (non-hydrogen) atoms. The van der Waals surface area contributed by atoms with Crippen LogP contribution in [0, 0.1) is 12.8 Å². The molecular weight excluding hydrogens is 354 g/mol. The van der Waals surface area contributed by atoms with Crippen molar-refractivity contribution in [2.45, 2.75) is 38.5 Å². The topological polar surface area (TPSA) is 80.2 Å². The normalized spacial score (nSPS) is 18.8. The molecule has 0 aromatic carbocycles. The molecule has 0 radical (unpaired) electrons. The van der Waals surface area contributed by atoms with E-state index in [0.717, 1.165) is 55.8 Å². The van der Waals surface area contributed by atoms with Gasteiger partial charge in [-0.1, -0.05) is 6.07 Å². The molecule has 0 atom stereocenters. The number of hydrogen-bond acceptors (Lipinski definition) is 6. The molecule has 4 rings (SSSR count). The number of anilines is 2. The fraction of sp³-hybridized carbons (Fsp3) is 0.524. The van der Waals surface area contributed by atoms with Gasteiger partial charge in [0.15, 0.2) is 0 Å². The van der Waals surface area contributed by atoms with Crippen LogP contribution in [0.4, 0.5) is 11.8 Å². The summed E-state index contributed by atoms with van der Waals surface area (Å²) in [6.07, 6.45) is 7.19. The van der Waals surface area contributed by atoms with Gasteiger partial charge in [0.1, 0.15) is 5.82 Å². The monoisotopic (exact) mass is 381 g/mol. The highest BCUT2D eigenvalue weighted by molar-refractivity contribution is 5.79. The third kappa shape index (κ3) is 4.47. The Morgan fingerprint density at radius 3 is 2.61 bits per heavy atom. The smallest absolute Gasteiger partial charge is 0.228 e. The third-order valence-electron chi connectivity index (χ3n) is 5.62. The van der Waals surface area contributed by atoms with E-state index in [0.29, 0.717) is 31.0 Å². The van der Waals surface area contributed by atoms with Gasteiger partial charge in [-0.25, -0.2) is 15.0 Å². The Labute approximate surface area is 165 Å². The molecule has 0 spiro atoms. The molecule has 0 bridgehead atoms. The van der Waals surface area contributed by atoms with Crippen LogP contribution in [0.5, 0.6) is 0 Å². The van der Waals surface area contributed by atoms with E-state index in [2.05, 4.69) is 15.3 Å². The molecule has 1 N–H and O–H groups in total. The summed E-state index contributed by atoms with van der Waals surface area (Å²) in [5.74, 6) is 2.10. The van der Waals surface area contributed by atoms with Crippen LogP contribution in [0.3, 0.4) is 0 Å². The molecule has 2 aliphatic rings. The van der Waals surface area contributed by atoms with Crippen LogP contribution >= 0.6 is 0 Å². The number of nitrogens with zero attached hydrogens (tertiary/aromatic N) is 4. The zero-order valence-electron chi connectivity index (χ0n) is 16.3. The number of ether oxygens (including phenoxy) is 1. The molecule has 2 saturated heterocycles. The number of hydrogen-bond donors (Lipinski definition) is 1. The lowest BCUT2D eigenvalue weighted by Gasteiger charge is -2.35. The molecule has 7 heteroatoms. The third-order valence-corrected chi connectivity index (χ3v) is 5.62. The summed E-state index contributed by atoms with van der Waals surface area (Å²) < 4.78 is 5.38. The fourth-order valence-corrected chi connectivity index (χ4v) is 3.91. The first kappa shape index (κ1) is 18.8. The maximum absolute atomic E-state index is 12.7. The van der Waals surface area contributed by atoms with E-state index < -0.39 is 0 Å². The van der Waals surface area contributed by atoms with Crippen LogP contribution in [0.15, 0.2) is 30.6 Å². The lowest BCUT2D eigenvalue weighted by atomic mass is 9.91. The average molecular weight is 381 g/mol. The zero-order chi connectivity index (χ0) is 19.3. The second-order valence-corrected chi connectivity index (χ2v) is 7.64. The van der Waals surface area contributed by atoms with Crippen molar-refractivity contribution < 1.29 is 9.53 Å². The Morgan fingerprint density at radius 1 is 1.11 bits per heavy atom. The number of carbonyl (C=O) groups excluding carboxylic acids is 1. The quantitative estimate of drug-likeness (QED) is 0.877. The van der Waals surface area contributed by atoms with Gasteiger partial charge < -0.3 is 15.0 Å². The summed E-state index contributed by atoms with van der Waals surface area (Å²) in [7, 11) is 0. The molecule has 4 heterocycles. The van der Waals surface area contributed by atoms with Gasteiger partial charge in [-0.2, -0.15) is 0 Å². The Hall–Kier alpha value is -2.54. The molecule has 0 aliphatic carbocycles. The molecule has 2 aromatic heterocycles. The van der Waals surface area contributed by atoms with Gasteiger partial charge in [-0.15, -0.1) is 0 Å². The van der Waals surface area contributed by atoms with Crippen molar-refractivity contribution in [3.05, 3.63) is 41.9 Å². The molecule has 1 amide bonds. The highest BCUT2D eigenvalue weighted by atomic mass is 16.5. The van der Waals surface area contributed by atoms with Gasteiger partial charge in [0.05, 0.1) is 0 Å². The molecular formula is C21H27N5O2. The van der Waals surface area contributed by atoms with Crippen LogP contribution in [0.25, 0.3) is 0 Å². The lowest BCUT2D eigenvalue weighted by molar-refractivity contribution is -0.139. The summed E-state index contributed by atoms with van der Waals surface area (Å²) in [6.45, 7) is 5.02. The van der Waals surface area contributed by atoms with Gasteiger partial charge in [0, 0.05) is 56.2 Å². The number of likely N-dealkylation sites (tertiary alicyclic amines) is 1. The second-order valence-electron chi connectivity index (χ2n) is 7.64. The van der Waals surface area contributed by atoms with Gasteiger partial charge in [-0.3, -0.25) is 4.79 Å². The maximum Gasteiger partial charge on any atom is 0.228 e. The van der Waals surface area contributed by atoms with Crippen LogP contribution < -0.4 is 5.32 Å². The number of piperidine rings is 1. The number of rotatable bonds is 4. The van der Waals surface area contributed by atoms with Crippen molar-refractivity contribution in [2.24, 2.45) is 5.92 Å². The minimum Gasteiger partial charge on any atom is -0.381 e. The molecule has 0 unspecified atom stereocenters. The molecule has 0 saturated carbocycles. The summed E-state index contributed by atoms with van der Waals surface area (Å²) in [5, 5.41) is 3.17. The first-order chi connectivity index (χ1) is 13.7.